The molecule has 7 atom stereocenters. The fourth-order valence-electron chi connectivity index (χ4n) is 6.42. The first-order chi connectivity index (χ1) is 11.1. The number of hydrogen-bond acceptors (Lipinski definition) is 4. The van der Waals surface area contributed by atoms with Gasteiger partial charge in [-0.3, -0.25) is 0 Å². The first-order valence-electron chi connectivity index (χ1n) is 9.52. The second-order valence-electron chi connectivity index (χ2n) is 9.57. The monoisotopic (exact) mass is 336 g/mol. The molecule has 2 saturated carbocycles. The Balaban J connectivity index is 1.85. The van der Waals surface area contributed by atoms with E-state index in [1.165, 1.54) is 11.1 Å². The van der Waals surface area contributed by atoms with Crippen LogP contribution in [0.2, 0.25) is 0 Å². The molecule has 4 nitrogen and oxygen atoms in total. The van der Waals surface area contributed by atoms with Crippen LogP contribution in [-0.4, -0.2) is 45.8 Å². The minimum absolute atomic E-state index is 0.0409. The maximum absolute atomic E-state index is 11.7. The zero-order valence-corrected chi connectivity index (χ0v) is 15.4. The molecule has 1 heterocycles. The Morgan fingerprint density at radius 2 is 1.79 bits per heavy atom. The number of aliphatic hydroxyl groups excluding tert-OH is 2. The second-order valence-corrected chi connectivity index (χ2v) is 9.57. The highest BCUT2D eigenvalue weighted by Gasteiger charge is 2.65. The predicted molar refractivity (Wildman–Crippen MR) is 91.4 cm³/mol. The number of allylic oxidation sites excluding steroid dienone is 1. The number of rotatable bonds is 0. The fraction of sp³-hybridized carbons (Fsp3) is 0.900. The van der Waals surface area contributed by atoms with Crippen molar-refractivity contribution in [1.29, 1.82) is 0 Å². The average Bonchev–Trinajstić information content (AvgIpc) is 2.49. The molecule has 1 saturated heterocycles. The quantitative estimate of drug-likeness (QED) is 0.594. The zero-order chi connectivity index (χ0) is 17.5. The molecular formula is C20H32O4. The van der Waals surface area contributed by atoms with Gasteiger partial charge in [0.15, 0.2) is 0 Å². The summed E-state index contributed by atoms with van der Waals surface area (Å²) >= 11 is 0. The van der Waals surface area contributed by atoms with Crippen LogP contribution >= 0.6 is 0 Å². The molecule has 0 aromatic heterocycles. The molecule has 24 heavy (non-hydrogen) atoms. The summed E-state index contributed by atoms with van der Waals surface area (Å²) in [6.07, 6.45) is 2.60. The topological polar surface area (TPSA) is 69.9 Å². The molecule has 4 heteroatoms. The maximum atomic E-state index is 11.7. The first kappa shape index (κ1) is 17.0. The van der Waals surface area contributed by atoms with E-state index in [1.54, 1.807) is 0 Å². The van der Waals surface area contributed by atoms with E-state index in [1.807, 2.05) is 0 Å². The van der Waals surface area contributed by atoms with Gasteiger partial charge in [0.2, 0.25) is 0 Å². The van der Waals surface area contributed by atoms with Crippen molar-refractivity contribution in [3.05, 3.63) is 11.1 Å². The van der Waals surface area contributed by atoms with Crippen molar-refractivity contribution in [2.75, 3.05) is 6.61 Å². The van der Waals surface area contributed by atoms with Gasteiger partial charge in [0.05, 0.1) is 30.5 Å². The van der Waals surface area contributed by atoms with E-state index in [0.717, 1.165) is 19.3 Å². The zero-order valence-electron chi connectivity index (χ0n) is 15.4. The summed E-state index contributed by atoms with van der Waals surface area (Å²) in [5.41, 5.74) is 0.713. The standard InChI is InChI=1S/C20H32O4/c1-11-5-8-20(23)17(22)16-12-10-24-14(12)9-15(21)19(16,4)7-6-13(11)18(20,2)3/h12,14-17,21-23H,5-10H2,1-4H3/t12-,14-,15+,16?,17+,19-,20-/m1/s1. The van der Waals surface area contributed by atoms with Gasteiger partial charge < -0.3 is 20.1 Å². The Bertz CT molecular complexity index is 582. The summed E-state index contributed by atoms with van der Waals surface area (Å²) in [5, 5.41) is 34.0. The third-order valence-corrected chi connectivity index (χ3v) is 8.40. The van der Waals surface area contributed by atoms with Gasteiger partial charge in [-0.25, -0.2) is 0 Å². The summed E-state index contributed by atoms with van der Waals surface area (Å²) in [6, 6.07) is 0. The van der Waals surface area contributed by atoms with Gasteiger partial charge >= 0.3 is 0 Å². The van der Waals surface area contributed by atoms with E-state index >= 15 is 0 Å². The first-order valence-corrected chi connectivity index (χ1v) is 9.52. The lowest BCUT2D eigenvalue weighted by Crippen LogP contribution is -2.69. The highest BCUT2D eigenvalue weighted by Crippen LogP contribution is 2.61. The third kappa shape index (κ3) is 1.89. The largest absolute Gasteiger partial charge is 0.392 e. The van der Waals surface area contributed by atoms with Crippen LogP contribution in [0.3, 0.4) is 0 Å². The van der Waals surface area contributed by atoms with Crippen molar-refractivity contribution in [2.45, 2.75) is 83.7 Å². The molecule has 3 fully saturated rings. The summed E-state index contributed by atoms with van der Waals surface area (Å²) in [7, 11) is 0. The smallest absolute Gasteiger partial charge is 0.0998 e. The Morgan fingerprint density at radius 3 is 2.42 bits per heavy atom. The highest BCUT2D eigenvalue weighted by atomic mass is 16.5. The minimum atomic E-state index is -1.13. The van der Waals surface area contributed by atoms with Crippen LogP contribution in [0.4, 0.5) is 0 Å². The molecule has 2 bridgehead atoms. The third-order valence-electron chi connectivity index (χ3n) is 8.40. The molecule has 0 aromatic carbocycles. The van der Waals surface area contributed by atoms with E-state index in [-0.39, 0.29) is 23.4 Å². The van der Waals surface area contributed by atoms with E-state index in [9.17, 15) is 15.3 Å². The molecule has 1 aliphatic heterocycles. The Labute approximate surface area is 144 Å². The number of fused-ring (bicyclic) bond motifs is 5. The van der Waals surface area contributed by atoms with Gasteiger partial charge in [-0.1, -0.05) is 31.9 Å². The van der Waals surface area contributed by atoms with E-state index < -0.39 is 23.2 Å². The SMILES string of the molecule is CC1=C2CC[C@@]3(C)C([C@@H]4CO[C@@H]4C[C@@H]3O)[C@H](O)[C@](O)(CC1)C2(C)C. The van der Waals surface area contributed by atoms with Crippen molar-refractivity contribution in [3.63, 3.8) is 0 Å². The Hall–Kier alpha value is -0.420. The summed E-state index contributed by atoms with van der Waals surface area (Å²) < 4.78 is 5.66. The summed E-state index contributed by atoms with van der Waals surface area (Å²) in [4.78, 5) is 0. The molecule has 0 radical (unpaired) electrons. The van der Waals surface area contributed by atoms with Crippen molar-refractivity contribution >= 4 is 0 Å². The van der Waals surface area contributed by atoms with Crippen molar-refractivity contribution < 1.29 is 20.1 Å². The van der Waals surface area contributed by atoms with Crippen molar-refractivity contribution in [2.24, 2.45) is 22.7 Å². The van der Waals surface area contributed by atoms with Gasteiger partial charge in [-0.2, -0.15) is 0 Å². The molecule has 136 valence electrons. The lowest BCUT2D eigenvalue weighted by Gasteiger charge is -2.63. The molecule has 1 unspecified atom stereocenters. The predicted octanol–water partition coefficient (Wildman–Crippen LogP) is 2.41. The fourth-order valence-corrected chi connectivity index (χ4v) is 6.42. The van der Waals surface area contributed by atoms with Crippen LogP contribution in [0.5, 0.6) is 0 Å². The molecule has 4 aliphatic rings. The van der Waals surface area contributed by atoms with Crippen LogP contribution in [0.15, 0.2) is 11.1 Å². The lowest BCUT2D eigenvalue weighted by molar-refractivity contribution is -0.279. The molecule has 4 rings (SSSR count). The van der Waals surface area contributed by atoms with Crippen molar-refractivity contribution in [3.8, 4) is 0 Å². The van der Waals surface area contributed by atoms with Crippen LogP contribution in [-0.2, 0) is 4.74 Å². The number of hydrogen-bond donors (Lipinski definition) is 3. The van der Waals surface area contributed by atoms with Crippen LogP contribution in [0.1, 0.15) is 59.8 Å². The van der Waals surface area contributed by atoms with Gasteiger partial charge in [0.1, 0.15) is 0 Å². The average molecular weight is 336 g/mol. The van der Waals surface area contributed by atoms with E-state index in [2.05, 4.69) is 27.7 Å². The van der Waals surface area contributed by atoms with Crippen molar-refractivity contribution in [1.82, 2.24) is 0 Å². The summed E-state index contributed by atoms with van der Waals surface area (Å²) in [5.74, 6) is 0.144. The normalized spacial score (nSPS) is 53.4. The molecule has 0 amide bonds. The summed E-state index contributed by atoms with van der Waals surface area (Å²) in [6.45, 7) is 9.10. The molecule has 0 spiro atoms. The molecule has 3 aliphatic carbocycles. The number of aliphatic hydroxyl groups is 3. The van der Waals surface area contributed by atoms with Crippen LogP contribution in [0.25, 0.3) is 0 Å². The molecule has 3 N–H and O–H groups in total. The van der Waals surface area contributed by atoms with Crippen LogP contribution in [0, 0.1) is 22.7 Å². The number of ether oxygens (including phenoxy) is 1. The highest BCUT2D eigenvalue weighted by molar-refractivity contribution is 5.32. The van der Waals surface area contributed by atoms with E-state index in [0.29, 0.717) is 19.4 Å². The van der Waals surface area contributed by atoms with E-state index in [4.69, 9.17) is 4.74 Å². The Morgan fingerprint density at radius 1 is 1.08 bits per heavy atom. The lowest BCUT2D eigenvalue weighted by atomic mass is 9.47. The van der Waals surface area contributed by atoms with Gasteiger partial charge in [-0.15, -0.1) is 0 Å². The van der Waals surface area contributed by atoms with Gasteiger partial charge in [0, 0.05) is 23.7 Å². The minimum Gasteiger partial charge on any atom is -0.392 e. The van der Waals surface area contributed by atoms with Gasteiger partial charge in [-0.05, 0) is 38.0 Å². The van der Waals surface area contributed by atoms with Gasteiger partial charge in [0.25, 0.3) is 0 Å². The van der Waals surface area contributed by atoms with Crippen LogP contribution < -0.4 is 0 Å². The second kappa shape index (κ2) is 5.06. The molecular weight excluding hydrogens is 304 g/mol. The maximum Gasteiger partial charge on any atom is 0.0998 e. The Kier molecular flexibility index (Phi) is 3.59. The molecule has 0 aromatic rings.